The van der Waals surface area contributed by atoms with Gasteiger partial charge in [0.05, 0.1) is 12.1 Å². The number of nitrogens with one attached hydrogen (secondary N) is 1. The van der Waals surface area contributed by atoms with Crippen LogP contribution in [0.3, 0.4) is 0 Å². The molecule has 0 amide bonds. The zero-order chi connectivity index (χ0) is 16.8. The zero-order valence-electron chi connectivity index (χ0n) is 14.1. The van der Waals surface area contributed by atoms with Crippen molar-refractivity contribution in [2.24, 2.45) is 5.73 Å². The number of para-hydroxylation sites is 1. The van der Waals surface area contributed by atoms with Crippen molar-refractivity contribution in [1.29, 1.82) is 0 Å². The van der Waals surface area contributed by atoms with Crippen molar-refractivity contribution in [2.45, 2.75) is 31.7 Å². The lowest BCUT2D eigenvalue weighted by atomic mass is 10.0. The predicted octanol–water partition coefficient (Wildman–Crippen LogP) is 1.39. The van der Waals surface area contributed by atoms with E-state index in [2.05, 4.69) is 20.2 Å². The summed E-state index contributed by atoms with van der Waals surface area (Å²) in [7, 11) is 0. The highest BCUT2D eigenvalue weighted by molar-refractivity contribution is 5.88. The second kappa shape index (κ2) is 8.37. The van der Waals surface area contributed by atoms with Gasteiger partial charge in [0.25, 0.3) is 0 Å². The summed E-state index contributed by atoms with van der Waals surface area (Å²) in [5.41, 5.74) is 6.60. The van der Waals surface area contributed by atoms with E-state index in [9.17, 15) is 5.11 Å². The number of aliphatic hydroxyl groups is 1. The summed E-state index contributed by atoms with van der Waals surface area (Å²) in [6.07, 6.45) is 4.20. The van der Waals surface area contributed by atoms with Gasteiger partial charge in [-0.15, -0.1) is 0 Å². The van der Waals surface area contributed by atoms with Gasteiger partial charge in [-0.1, -0.05) is 18.6 Å². The third kappa shape index (κ3) is 4.01. The van der Waals surface area contributed by atoms with Gasteiger partial charge in [-0.2, -0.15) is 0 Å². The van der Waals surface area contributed by atoms with Gasteiger partial charge in [-0.25, -0.2) is 9.97 Å². The number of aromatic nitrogens is 2. The number of rotatable bonds is 7. The quantitative estimate of drug-likeness (QED) is 0.711. The molecule has 6 heteroatoms. The fourth-order valence-corrected chi connectivity index (χ4v) is 3.38. The zero-order valence-corrected chi connectivity index (χ0v) is 14.1. The molecule has 2 aromatic rings. The van der Waals surface area contributed by atoms with E-state index in [-0.39, 0.29) is 6.61 Å². The second-order valence-corrected chi connectivity index (χ2v) is 6.34. The maximum absolute atomic E-state index is 9.52. The van der Waals surface area contributed by atoms with Crippen LogP contribution < -0.4 is 11.1 Å². The maximum Gasteiger partial charge on any atom is 0.137 e. The Morgan fingerprint density at radius 3 is 2.96 bits per heavy atom. The fourth-order valence-electron chi connectivity index (χ4n) is 3.38. The predicted molar refractivity (Wildman–Crippen MR) is 97.1 cm³/mol. The summed E-state index contributed by atoms with van der Waals surface area (Å²) in [4.78, 5) is 11.6. The molecule has 1 aliphatic rings. The lowest BCUT2D eigenvalue weighted by Crippen LogP contribution is -2.44. The first-order valence-electron chi connectivity index (χ1n) is 8.86. The Kier molecular flexibility index (Phi) is 5.96. The first kappa shape index (κ1) is 17.1. The van der Waals surface area contributed by atoms with Crippen molar-refractivity contribution in [3.63, 3.8) is 0 Å². The van der Waals surface area contributed by atoms with Crippen LogP contribution >= 0.6 is 0 Å². The van der Waals surface area contributed by atoms with Gasteiger partial charge in [-0.3, -0.25) is 4.90 Å². The number of aliphatic hydroxyl groups excluding tert-OH is 1. The summed E-state index contributed by atoms with van der Waals surface area (Å²) < 4.78 is 0. The molecule has 0 saturated carbocycles. The number of likely N-dealkylation sites (tertiary alicyclic amines) is 1. The molecule has 1 aliphatic heterocycles. The standard InChI is InChI=1S/C18H27N5O/c19-9-8-17-21-16-7-2-1-6-15(16)18(22-17)20-10-12-23-11-4-3-5-14(23)13-24/h1-2,6-7,14,24H,3-5,8-13,19H2,(H,20,21,22)/t14-/m0/s1. The molecule has 1 aromatic heterocycles. The van der Waals surface area contributed by atoms with Crippen LogP contribution in [0.1, 0.15) is 25.1 Å². The summed E-state index contributed by atoms with van der Waals surface area (Å²) >= 11 is 0. The van der Waals surface area contributed by atoms with E-state index in [1.54, 1.807) is 0 Å². The summed E-state index contributed by atoms with van der Waals surface area (Å²) in [5.74, 6) is 1.66. The molecule has 24 heavy (non-hydrogen) atoms. The Labute approximate surface area is 143 Å². The van der Waals surface area contributed by atoms with E-state index in [0.717, 1.165) is 48.6 Å². The Morgan fingerprint density at radius 2 is 2.12 bits per heavy atom. The third-order valence-electron chi connectivity index (χ3n) is 4.67. The number of hydrogen-bond donors (Lipinski definition) is 3. The minimum absolute atomic E-state index is 0.247. The van der Waals surface area contributed by atoms with Crippen molar-refractivity contribution in [3.8, 4) is 0 Å². The van der Waals surface area contributed by atoms with Gasteiger partial charge in [0.2, 0.25) is 0 Å². The molecular formula is C18H27N5O. The van der Waals surface area contributed by atoms with Crippen LogP contribution in [-0.4, -0.2) is 58.8 Å². The molecule has 1 aromatic carbocycles. The maximum atomic E-state index is 9.52. The molecule has 0 bridgehead atoms. The van der Waals surface area contributed by atoms with Gasteiger partial charge in [-0.05, 0) is 38.1 Å². The first-order chi connectivity index (χ1) is 11.8. The monoisotopic (exact) mass is 329 g/mol. The van der Waals surface area contributed by atoms with Crippen LogP contribution in [0.4, 0.5) is 5.82 Å². The summed E-state index contributed by atoms with van der Waals surface area (Å²) in [6.45, 7) is 3.58. The highest BCUT2D eigenvalue weighted by Gasteiger charge is 2.20. The first-order valence-corrected chi connectivity index (χ1v) is 8.86. The van der Waals surface area contributed by atoms with Crippen molar-refractivity contribution >= 4 is 16.7 Å². The number of fused-ring (bicyclic) bond motifs is 1. The van der Waals surface area contributed by atoms with E-state index < -0.39 is 0 Å². The fraction of sp³-hybridized carbons (Fsp3) is 0.556. The van der Waals surface area contributed by atoms with Crippen molar-refractivity contribution < 1.29 is 5.11 Å². The third-order valence-corrected chi connectivity index (χ3v) is 4.67. The highest BCUT2D eigenvalue weighted by atomic mass is 16.3. The minimum atomic E-state index is 0.247. The minimum Gasteiger partial charge on any atom is -0.395 e. The van der Waals surface area contributed by atoms with Crippen LogP contribution in [-0.2, 0) is 6.42 Å². The number of piperidine rings is 1. The molecule has 2 heterocycles. The molecule has 0 spiro atoms. The van der Waals surface area contributed by atoms with Gasteiger partial charge in [0, 0.05) is 30.9 Å². The lowest BCUT2D eigenvalue weighted by Gasteiger charge is -2.34. The van der Waals surface area contributed by atoms with Gasteiger partial charge in [0.15, 0.2) is 0 Å². The van der Waals surface area contributed by atoms with Crippen molar-refractivity contribution in [2.75, 3.05) is 38.1 Å². The smallest absolute Gasteiger partial charge is 0.137 e. The average molecular weight is 329 g/mol. The number of nitrogens with two attached hydrogens (primary N) is 1. The van der Waals surface area contributed by atoms with Crippen LogP contribution in [0.2, 0.25) is 0 Å². The number of benzene rings is 1. The molecule has 1 fully saturated rings. The summed E-state index contributed by atoms with van der Waals surface area (Å²) in [6, 6.07) is 8.35. The molecule has 130 valence electrons. The van der Waals surface area contributed by atoms with E-state index in [1.807, 2.05) is 24.3 Å². The van der Waals surface area contributed by atoms with Crippen LogP contribution in [0, 0.1) is 0 Å². The number of nitrogens with zero attached hydrogens (tertiary/aromatic N) is 3. The lowest BCUT2D eigenvalue weighted by molar-refractivity contribution is 0.0940. The molecule has 3 rings (SSSR count). The van der Waals surface area contributed by atoms with Gasteiger partial charge >= 0.3 is 0 Å². The number of anilines is 1. The van der Waals surface area contributed by atoms with Crippen molar-refractivity contribution in [1.82, 2.24) is 14.9 Å². The highest BCUT2D eigenvalue weighted by Crippen LogP contribution is 2.21. The Morgan fingerprint density at radius 1 is 1.25 bits per heavy atom. The topological polar surface area (TPSA) is 87.3 Å². The van der Waals surface area contributed by atoms with Gasteiger partial charge < -0.3 is 16.2 Å². The Bertz CT molecular complexity index is 663. The largest absolute Gasteiger partial charge is 0.395 e. The van der Waals surface area contributed by atoms with E-state index in [1.165, 1.54) is 12.8 Å². The molecule has 0 radical (unpaired) electrons. The second-order valence-electron chi connectivity index (χ2n) is 6.34. The molecule has 1 saturated heterocycles. The Balaban J connectivity index is 1.69. The van der Waals surface area contributed by atoms with E-state index in [0.29, 0.717) is 19.0 Å². The normalized spacial score (nSPS) is 18.8. The molecule has 1 atom stereocenters. The molecule has 4 N–H and O–H groups in total. The molecule has 0 aliphatic carbocycles. The van der Waals surface area contributed by atoms with Crippen LogP contribution in [0.5, 0.6) is 0 Å². The van der Waals surface area contributed by atoms with Crippen LogP contribution in [0.15, 0.2) is 24.3 Å². The van der Waals surface area contributed by atoms with Crippen molar-refractivity contribution in [3.05, 3.63) is 30.1 Å². The Hall–Kier alpha value is -1.76. The average Bonchev–Trinajstić information content (AvgIpc) is 2.62. The SMILES string of the molecule is NCCc1nc(NCCN2CCCC[C@H]2CO)c2ccccc2n1. The molecule has 6 nitrogen and oxygen atoms in total. The van der Waals surface area contributed by atoms with Gasteiger partial charge in [0.1, 0.15) is 11.6 Å². The van der Waals surface area contributed by atoms with Crippen LogP contribution in [0.25, 0.3) is 10.9 Å². The molecule has 0 unspecified atom stereocenters. The number of hydrogen-bond acceptors (Lipinski definition) is 6. The van der Waals surface area contributed by atoms with E-state index >= 15 is 0 Å². The van der Waals surface area contributed by atoms with E-state index in [4.69, 9.17) is 5.73 Å². The molecular weight excluding hydrogens is 302 g/mol. The summed E-state index contributed by atoms with van der Waals surface area (Å²) in [5, 5.41) is 14.0.